The van der Waals surface area contributed by atoms with Crippen molar-refractivity contribution in [1.29, 1.82) is 0 Å². The minimum absolute atomic E-state index is 0.0174. The molecule has 4 N–H and O–H groups in total. The van der Waals surface area contributed by atoms with Gasteiger partial charge in [-0.15, -0.1) is 0 Å². The number of nitrogens with one attached hydrogen (secondary N) is 2. The van der Waals surface area contributed by atoms with Gasteiger partial charge in [-0.3, -0.25) is 9.29 Å². The molecule has 11 heteroatoms. The number of fused-ring (bicyclic) bond motifs is 1. The zero-order valence-corrected chi connectivity index (χ0v) is 15.4. The highest BCUT2D eigenvalue weighted by molar-refractivity contribution is 7.92. The zero-order valence-electron chi connectivity index (χ0n) is 13.9. The summed E-state index contributed by atoms with van der Waals surface area (Å²) in [7, 11) is -3.58. The van der Waals surface area contributed by atoms with Gasteiger partial charge >= 0.3 is 5.69 Å². The van der Waals surface area contributed by atoms with Crippen LogP contribution >= 0.6 is 11.6 Å². The van der Waals surface area contributed by atoms with Gasteiger partial charge in [-0.05, 0) is 24.1 Å². The highest BCUT2D eigenvalue weighted by Crippen LogP contribution is 2.18. The van der Waals surface area contributed by atoms with Gasteiger partial charge in [0, 0.05) is 5.02 Å². The number of hydrogen-bond donors (Lipinski definition) is 3. The van der Waals surface area contributed by atoms with Crippen LogP contribution in [-0.4, -0.2) is 33.7 Å². The number of nitrogen functional groups attached to an aromatic ring is 1. The van der Waals surface area contributed by atoms with E-state index in [0.717, 1.165) is 5.56 Å². The molecular weight excluding hydrogens is 380 g/mol. The third-order valence-corrected chi connectivity index (χ3v) is 5.32. The first-order chi connectivity index (χ1) is 12.3. The predicted molar refractivity (Wildman–Crippen MR) is 101 cm³/mol. The average molecular weight is 397 g/mol. The number of aromatic nitrogens is 4. The Balaban J connectivity index is 2.05. The number of halogens is 1. The molecular formula is C15H17ClN6O3S. The van der Waals surface area contributed by atoms with Crippen LogP contribution in [-0.2, 0) is 16.6 Å². The summed E-state index contributed by atoms with van der Waals surface area (Å²) in [4.78, 5) is 23.0. The SMILES string of the molecule is CCCS(=O)(=O)Nc1nc(N)c2[nH]c(=O)n(Cc3ccc(Cl)cc3)c2n1. The number of nitrogens with zero attached hydrogens (tertiary/aromatic N) is 3. The maximum Gasteiger partial charge on any atom is 0.328 e. The molecule has 0 saturated heterocycles. The Morgan fingerprint density at radius 3 is 2.62 bits per heavy atom. The summed E-state index contributed by atoms with van der Waals surface area (Å²) in [6.45, 7) is 1.96. The fraction of sp³-hybridized carbons (Fsp3) is 0.267. The van der Waals surface area contributed by atoms with Gasteiger partial charge in [-0.2, -0.15) is 9.97 Å². The Bertz CT molecular complexity index is 1100. The van der Waals surface area contributed by atoms with Crippen LogP contribution in [0.25, 0.3) is 11.2 Å². The summed E-state index contributed by atoms with van der Waals surface area (Å²) in [5.41, 5.74) is 6.72. The van der Waals surface area contributed by atoms with E-state index in [0.29, 0.717) is 11.4 Å². The van der Waals surface area contributed by atoms with Gasteiger partial charge in [0.15, 0.2) is 11.5 Å². The quantitative estimate of drug-likeness (QED) is 0.578. The topological polar surface area (TPSA) is 136 Å². The molecule has 2 heterocycles. The summed E-state index contributed by atoms with van der Waals surface area (Å²) in [6.07, 6.45) is 0.443. The molecule has 0 bridgehead atoms. The molecule has 9 nitrogen and oxygen atoms in total. The van der Waals surface area contributed by atoms with Gasteiger partial charge in [0.25, 0.3) is 0 Å². The van der Waals surface area contributed by atoms with Gasteiger partial charge < -0.3 is 10.7 Å². The molecule has 0 fully saturated rings. The highest BCUT2D eigenvalue weighted by Gasteiger charge is 2.17. The molecule has 3 aromatic rings. The second kappa shape index (κ2) is 6.96. The fourth-order valence-corrected chi connectivity index (χ4v) is 3.61. The van der Waals surface area contributed by atoms with Crippen molar-refractivity contribution < 1.29 is 8.42 Å². The van der Waals surface area contributed by atoms with Crippen molar-refractivity contribution in [3.05, 3.63) is 45.3 Å². The fourth-order valence-electron chi connectivity index (χ4n) is 2.48. The lowest BCUT2D eigenvalue weighted by molar-refractivity contribution is 0.599. The molecule has 0 atom stereocenters. The molecule has 0 aliphatic rings. The largest absolute Gasteiger partial charge is 0.382 e. The minimum Gasteiger partial charge on any atom is -0.382 e. The highest BCUT2D eigenvalue weighted by atomic mass is 35.5. The van der Waals surface area contributed by atoms with E-state index < -0.39 is 15.7 Å². The van der Waals surface area contributed by atoms with Crippen molar-refractivity contribution in [1.82, 2.24) is 19.5 Å². The van der Waals surface area contributed by atoms with Crippen molar-refractivity contribution in [2.45, 2.75) is 19.9 Å². The monoisotopic (exact) mass is 396 g/mol. The van der Waals surface area contributed by atoms with E-state index in [1.807, 2.05) is 0 Å². The second-order valence-corrected chi connectivity index (χ2v) is 7.97. The molecule has 26 heavy (non-hydrogen) atoms. The number of imidazole rings is 1. The van der Waals surface area contributed by atoms with E-state index in [9.17, 15) is 13.2 Å². The lowest BCUT2D eigenvalue weighted by Crippen LogP contribution is -2.19. The van der Waals surface area contributed by atoms with E-state index in [-0.39, 0.29) is 35.2 Å². The molecule has 2 aromatic heterocycles. The number of H-pyrrole nitrogens is 1. The van der Waals surface area contributed by atoms with Crippen molar-refractivity contribution >= 4 is 44.6 Å². The number of hydrogen-bond acceptors (Lipinski definition) is 6. The Hall–Kier alpha value is -2.59. The predicted octanol–water partition coefficient (Wildman–Crippen LogP) is 1.56. The van der Waals surface area contributed by atoms with Gasteiger partial charge in [0.2, 0.25) is 16.0 Å². The van der Waals surface area contributed by atoms with Gasteiger partial charge in [0.05, 0.1) is 12.3 Å². The molecule has 1 aromatic carbocycles. The van der Waals surface area contributed by atoms with Crippen LogP contribution in [0.5, 0.6) is 0 Å². The average Bonchev–Trinajstić information content (AvgIpc) is 2.86. The Morgan fingerprint density at radius 2 is 1.96 bits per heavy atom. The Labute approximate surface area is 154 Å². The van der Waals surface area contributed by atoms with Crippen LogP contribution in [0.3, 0.4) is 0 Å². The first-order valence-corrected chi connectivity index (χ1v) is 9.83. The normalized spacial score (nSPS) is 11.8. The summed E-state index contributed by atoms with van der Waals surface area (Å²) >= 11 is 5.87. The third-order valence-electron chi connectivity index (χ3n) is 3.62. The van der Waals surface area contributed by atoms with E-state index in [4.69, 9.17) is 17.3 Å². The summed E-state index contributed by atoms with van der Waals surface area (Å²) in [6, 6.07) is 6.99. The number of rotatable bonds is 6. The molecule has 0 spiro atoms. The van der Waals surface area contributed by atoms with Crippen molar-refractivity contribution in [3.63, 3.8) is 0 Å². The lowest BCUT2D eigenvalue weighted by Gasteiger charge is -2.08. The van der Waals surface area contributed by atoms with Crippen LogP contribution < -0.4 is 16.1 Å². The van der Waals surface area contributed by atoms with Crippen LogP contribution in [0.1, 0.15) is 18.9 Å². The summed E-state index contributed by atoms with van der Waals surface area (Å²) in [5.74, 6) is -0.262. The summed E-state index contributed by atoms with van der Waals surface area (Å²) < 4.78 is 27.5. The first-order valence-electron chi connectivity index (χ1n) is 7.80. The van der Waals surface area contributed by atoms with Gasteiger partial charge in [-0.25, -0.2) is 13.2 Å². The molecule has 0 aliphatic carbocycles. The van der Waals surface area contributed by atoms with Crippen LogP contribution in [0.15, 0.2) is 29.1 Å². The number of benzene rings is 1. The Kier molecular flexibility index (Phi) is 4.88. The number of sulfonamides is 1. The van der Waals surface area contributed by atoms with Crippen molar-refractivity contribution in [2.24, 2.45) is 0 Å². The maximum absolute atomic E-state index is 12.3. The first kappa shape index (κ1) is 18.2. The molecule has 0 saturated carbocycles. The molecule has 3 rings (SSSR count). The second-order valence-electron chi connectivity index (χ2n) is 5.69. The number of anilines is 2. The maximum atomic E-state index is 12.3. The van der Waals surface area contributed by atoms with Crippen LogP contribution in [0, 0.1) is 0 Å². The number of nitrogens with two attached hydrogens (primary N) is 1. The van der Waals surface area contributed by atoms with Crippen molar-refractivity contribution in [2.75, 3.05) is 16.2 Å². The third kappa shape index (κ3) is 3.81. The molecule has 0 amide bonds. The van der Waals surface area contributed by atoms with E-state index >= 15 is 0 Å². The number of aromatic amines is 1. The molecule has 0 unspecified atom stereocenters. The van der Waals surface area contributed by atoms with Crippen LogP contribution in [0.2, 0.25) is 5.02 Å². The molecule has 138 valence electrons. The van der Waals surface area contributed by atoms with Crippen molar-refractivity contribution in [3.8, 4) is 0 Å². The van der Waals surface area contributed by atoms with E-state index in [2.05, 4.69) is 19.7 Å². The van der Waals surface area contributed by atoms with E-state index in [1.165, 1.54) is 4.57 Å². The van der Waals surface area contributed by atoms with E-state index in [1.54, 1.807) is 31.2 Å². The smallest absolute Gasteiger partial charge is 0.328 e. The molecule has 0 aliphatic heterocycles. The zero-order chi connectivity index (χ0) is 18.9. The van der Waals surface area contributed by atoms with Crippen LogP contribution in [0.4, 0.5) is 11.8 Å². The van der Waals surface area contributed by atoms with Gasteiger partial charge in [0.1, 0.15) is 5.52 Å². The Morgan fingerprint density at radius 1 is 1.27 bits per heavy atom. The standard InChI is InChI=1S/C15H17ClN6O3S/c1-2-7-26(24,25)21-14-19-12(17)11-13(20-14)22(15(23)18-11)8-9-3-5-10(16)6-4-9/h3-6H,2,7-8H2,1H3,(H,18,23)(H3,17,19,20,21). The molecule has 0 radical (unpaired) electrons. The van der Waals surface area contributed by atoms with Gasteiger partial charge in [-0.1, -0.05) is 30.7 Å². The lowest BCUT2D eigenvalue weighted by atomic mass is 10.2. The minimum atomic E-state index is -3.58. The summed E-state index contributed by atoms with van der Waals surface area (Å²) in [5, 5.41) is 0.583.